The molecule has 0 spiro atoms. The van der Waals surface area contributed by atoms with Crippen molar-refractivity contribution in [2.75, 3.05) is 7.05 Å². The fourth-order valence-electron chi connectivity index (χ4n) is 3.75. The van der Waals surface area contributed by atoms with Crippen LogP contribution in [0.2, 0.25) is 12.6 Å². The van der Waals surface area contributed by atoms with Gasteiger partial charge in [-0.1, -0.05) is 24.8 Å². The summed E-state index contributed by atoms with van der Waals surface area (Å²) in [5.41, 5.74) is 2.50. The number of hydrogen-bond acceptors (Lipinski definition) is 4. The predicted molar refractivity (Wildman–Crippen MR) is 114 cm³/mol. The maximum absolute atomic E-state index is 14.0. The fraction of sp³-hybridized carbons (Fsp3) is 0.350. The first-order chi connectivity index (χ1) is 14.7. The molecule has 1 unspecified atom stereocenters. The second-order valence-corrected chi connectivity index (χ2v) is 8.63. The minimum absolute atomic E-state index is 0. The number of imidazole rings is 1. The summed E-state index contributed by atoms with van der Waals surface area (Å²) < 4.78 is 41.8. The molecule has 5 rings (SSSR count). The molecule has 1 fully saturated rings. The molecular weight excluding hydrogens is 664 g/mol. The van der Waals surface area contributed by atoms with Gasteiger partial charge in [-0.15, -0.1) is 17.0 Å². The molecule has 162 valence electrons. The molecular formula is C20H17BF3N5OSU. The number of carbonyl (C=O) groups excluding carboxylic acids is 1. The first-order valence-electron chi connectivity index (χ1n) is 9.63. The molecule has 6 nitrogen and oxygen atoms in total. The van der Waals surface area contributed by atoms with Gasteiger partial charge < -0.3 is 19.8 Å². The first kappa shape index (κ1) is 24.9. The number of alkyl halides is 2. The second kappa shape index (κ2) is 9.60. The van der Waals surface area contributed by atoms with E-state index in [1.165, 1.54) is 24.5 Å². The third-order valence-corrected chi connectivity index (χ3v) is 6.49. The number of thiophene rings is 1. The molecule has 2 aliphatic rings. The van der Waals surface area contributed by atoms with E-state index in [1.54, 1.807) is 10.6 Å². The van der Waals surface area contributed by atoms with Crippen molar-refractivity contribution in [2.24, 2.45) is 0 Å². The zero-order chi connectivity index (χ0) is 22.3. The normalized spacial score (nSPS) is 18.4. The van der Waals surface area contributed by atoms with Gasteiger partial charge in [0, 0.05) is 40.0 Å². The summed E-state index contributed by atoms with van der Waals surface area (Å²) in [5, 5.41) is 15.9. The van der Waals surface area contributed by atoms with Crippen LogP contribution in [-0.4, -0.2) is 41.0 Å². The fourth-order valence-corrected chi connectivity index (χ4v) is 4.71. The molecule has 3 aromatic rings. The number of hydrogen-bond donors (Lipinski definition) is 0. The molecule has 0 radical (unpaired) electrons. The van der Waals surface area contributed by atoms with Crippen LogP contribution in [-0.2, 0) is 0 Å². The Bertz CT molecular complexity index is 1210. The van der Waals surface area contributed by atoms with E-state index in [-0.39, 0.29) is 49.2 Å². The van der Waals surface area contributed by atoms with Gasteiger partial charge in [-0.05, 0) is 13.0 Å². The average Bonchev–Trinajstić information content (AvgIpc) is 3.27. The number of amides is 1. The van der Waals surface area contributed by atoms with Crippen LogP contribution in [0.5, 0.6) is 0 Å². The summed E-state index contributed by atoms with van der Waals surface area (Å²) in [6.45, 7) is 1.33. The SMILES string of the molecule is C[N-]C1CCB(C#N)CC1(F)F.Cc1cn2cc(-c3cc4c(s3)C(=O)[N-]4)cc(F)c2n1.[U+2]. The van der Waals surface area contributed by atoms with Gasteiger partial charge in [0.25, 0.3) is 6.71 Å². The smallest absolute Gasteiger partial charge is 0.657 e. The van der Waals surface area contributed by atoms with Crippen LogP contribution in [0.15, 0.2) is 24.5 Å². The van der Waals surface area contributed by atoms with E-state index in [0.717, 1.165) is 16.1 Å². The van der Waals surface area contributed by atoms with Gasteiger partial charge in [0.15, 0.2) is 11.5 Å². The molecule has 1 saturated heterocycles. The summed E-state index contributed by atoms with van der Waals surface area (Å²) in [4.78, 5) is 16.8. The van der Waals surface area contributed by atoms with E-state index in [0.29, 0.717) is 29.0 Å². The zero-order valence-corrected chi connectivity index (χ0v) is 22.3. The number of fused-ring (bicyclic) bond motifs is 2. The Balaban J connectivity index is 0.000000195. The first-order valence-corrected chi connectivity index (χ1v) is 10.4. The largest absolute Gasteiger partial charge is 2.00 e. The van der Waals surface area contributed by atoms with E-state index in [1.807, 2.05) is 25.2 Å². The number of aryl methyl sites for hydroxylation is 1. The van der Waals surface area contributed by atoms with Gasteiger partial charge in [-0.25, -0.2) is 23.4 Å². The van der Waals surface area contributed by atoms with Gasteiger partial charge >= 0.3 is 31.1 Å². The van der Waals surface area contributed by atoms with Crippen molar-refractivity contribution in [1.29, 1.82) is 5.26 Å². The van der Waals surface area contributed by atoms with Crippen LogP contribution < -0.4 is 0 Å². The number of halogens is 3. The minimum atomic E-state index is -2.77. The Hall–Kier alpha value is -1.78. The maximum atomic E-state index is 14.0. The van der Waals surface area contributed by atoms with Crippen LogP contribution in [0.4, 0.5) is 18.9 Å². The molecule has 0 saturated carbocycles. The Morgan fingerprint density at radius 3 is 2.75 bits per heavy atom. The zero-order valence-electron chi connectivity index (χ0n) is 17.3. The van der Waals surface area contributed by atoms with Crippen molar-refractivity contribution in [3.05, 3.63) is 51.5 Å². The molecule has 0 aliphatic carbocycles. The summed E-state index contributed by atoms with van der Waals surface area (Å²) >= 11 is 1.34. The average molecular weight is 681 g/mol. The summed E-state index contributed by atoms with van der Waals surface area (Å²) in [6.07, 6.45) is 4.14. The van der Waals surface area contributed by atoms with Gasteiger partial charge in [-0.2, -0.15) is 7.05 Å². The second-order valence-electron chi connectivity index (χ2n) is 7.57. The van der Waals surface area contributed by atoms with Crippen LogP contribution in [0.25, 0.3) is 26.7 Å². The quantitative estimate of drug-likeness (QED) is 0.329. The predicted octanol–water partition coefficient (Wildman–Crippen LogP) is 5.62. The van der Waals surface area contributed by atoms with Crippen molar-refractivity contribution < 1.29 is 49.1 Å². The molecule has 1 atom stereocenters. The molecule has 3 aromatic heterocycles. The summed E-state index contributed by atoms with van der Waals surface area (Å²) in [6, 6.07) is 2.38. The molecule has 0 N–H and O–H groups in total. The Morgan fingerprint density at radius 1 is 1.41 bits per heavy atom. The molecule has 0 bridgehead atoms. The number of aromatic nitrogens is 2. The molecule has 1 amide bonds. The standard InChI is InChI=1S/C13H8FN3OS.C7H10BF2N2.U/c1-6-4-17-5-7(2-8(14)12(17)15-6)10-3-9-11(19-10)13(18)16-9;1-12-6-2-3-8(5-11)4-7(6,9)10;/h2-5H,1H3,(H,16,18);6H,2-4H2,1H3;/q;-1;+2/p-1. The van der Waals surface area contributed by atoms with Gasteiger partial charge in [0.2, 0.25) is 5.92 Å². The van der Waals surface area contributed by atoms with Crippen LogP contribution in [0.3, 0.4) is 0 Å². The van der Waals surface area contributed by atoms with Crippen LogP contribution in [0, 0.1) is 55.1 Å². The molecule has 0 aromatic carbocycles. The number of nitriles is 1. The monoisotopic (exact) mass is 681 g/mol. The van der Waals surface area contributed by atoms with Crippen molar-refractivity contribution in [2.45, 2.75) is 37.9 Å². The Morgan fingerprint density at radius 2 is 2.16 bits per heavy atom. The molecule has 2 aliphatic heterocycles. The van der Waals surface area contributed by atoms with E-state index < -0.39 is 18.7 Å². The van der Waals surface area contributed by atoms with E-state index in [4.69, 9.17) is 5.26 Å². The Kier molecular flexibility index (Phi) is 7.46. The van der Waals surface area contributed by atoms with Gasteiger partial charge in [-0.3, -0.25) is 0 Å². The van der Waals surface area contributed by atoms with Crippen LogP contribution in [0.1, 0.15) is 21.8 Å². The summed E-state index contributed by atoms with van der Waals surface area (Å²) in [7, 11) is 1.41. The molecule has 32 heavy (non-hydrogen) atoms. The van der Waals surface area contributed by atoms with Crippen molar-refractivity contribution >= 4 is 35.3 Å². The van der Waals surface area contributed by atoms with Gasteiger partial charge in [0.05, 0.1) is 11.6 Å². The van der Waals surface area contributed by atoms with Crippen molar-refractivity contribution in [3.63, 3.8) is 0 Å². The van der Waals surface area contributed by atoms with E-state index in [2.05, 4.69) is 15.6 Å². The van der Waals surface area contributed by atoms with Crippen LogP contribution >= 0.6 is 11.3 Å². The number of carbonyl (C=O) groups is 1. The third-order valence-electron chi connectivity index (χ3n) is 5.33. The van der Waals surface area contributed by atoms with E-state index >= 15 is 0 Å². The third kappa shape index (κ3) is 4.77. The molecule has 5 heterocycles. The number of nitrogens with zero attached hydrogens (tertiary/aromatic N) is 5. The summed E-state index contributed by atoms with van der Waals surface area (Å²) in [5.74, 6) is -1.45. The van der Waals surface area contributed by atoms with E-state index in [9.17, 15) is 18.0 Å². The van der Waals surface area contributed by atoms with Crippen molar-refractivity contribution in [3.8, 4) is 16.4 Å². The Labute approximate surface area is 211 Å². The topological polar surface area (TPSA) is 86.4 Å². The minimum Gasteiger partial charge on any atom is -0.657 e. The number of rotatable bonds is 2. The number of pyridine rings is 1. The van der Waals surface area contributed by atoms with Crippen molar-refractivity contribution in [1.82, 2.24) is 9.38 Å². The molecule has 12 heteroatoms. The maximum Gasteiger partial charge on any atom is 2.00 e. The van der Waals surface area contributed by atoms with Gasteiger partial charge in [0.1, 0.15) is 0 Å².